The van der Waals surface area contributed by atoms with Crippen molar-refractivity contribution in [2.45, 2.75) is 88.6 Å². The Morgan fingerprint density at radius 3 is 1.20 bits per heavy atom. The molecule has 0 spiro atoms. The van der Waals surface area contributed by atoms with E-state index < -0.39 is 0 Å². The smallest absolute Gasteiger partial charge is 0.0827 e. The Morgan fingerprint density at radius 1 is 0.680 bits per heavy atom. The number of amides is 1. The van der Waals surface area contributed by atoms with Gasteiger partial charge in [0, 0.05) is 65.4 Å². The van der Waals surface area contributed by atoms with Crippen molar-refractivity contribution in [2.24, 2.45) is 5.41 Å². The van der Waals surface area contributed by atoms with Crippen LogP contribution in [0.1, 0.15) is 83.1 Å². The van der Waals surface area contributed by atoms with E-state index >= 15 is 0 Å². The fourth-order valence-corrected chi connectivity index (χ4v) is 1.39. The molecule has 0 saturated carbocycles. The van der Waals surface area contributed by atoms with Crippen LogP contribution in [0, 0.1) is 29.1 Å². The fourth-order valence-electron chi connectivity index (χ4n) is 1.39. The summed E-state index contributed by atoms with van der Waals surface area (Å²) in [6.45, 7) is 23.4. The summed E-state index contributed by atoms with van der Waals surface area (Å²) >= 11 is 0. The van der Waals surface area contributed by atoms with Gasteiger partial charge in [0.05, 0.1) is 5.91 Å². The van der Waals surface area contributed by atoms with E-state index in [1.165, 1.54) is 11.8 Å². The number of rotatable bonds is 6. The summed E-state index contributed by atoms with van der Waals surface area (Å²) in [5.41, 5.74) is -0.479. The first-order valence-electron chi connectivity index (χ1n) is 8.16. The Bertz CT molecular complexity index is 387. The van der Waals surface area contributed by atoms with Crippen LogP contribution in [0.5, 0.6) is 0 Å². The topological polar surface area (TPSA) is 46.2 Å². The van der Waals surface area contributed by atoms with Crippen molar-refractivity contribution in [3.63, 3.8) is 0 Å². The molecule has 0 saturated heterocycles. The Labute approximate surface area is 207 Å². The maximum absolute atomic E-state index is 11.5. The predicted octanol–water partition coefficient (Wildman–Crippen LogP) is 4.92. The quantitative estimate of drug-likeness (QED) is 0.526. The number of hydrogen-bond donors (Lipinski definition) is 1. The van der Waals surface area contributed by atoms with Crippen LogP contribution in [0.3, 0.4) is 0 Å². The molecule has 144 valence electrons. The summed E-state index contributed by atoms with van der Waals surface area (Å²) in [7, 11) is 0. The first-order valence-corrected chi connectivity index (χ1v) is 8.16. The van der Waals surface area contributed by atoms with Crippen LogP contribution in [0.2, 0.25) is 0 Å². The van der Waals surface area contributed by atoms with Crippen molar-refractivity contribution in [1.82, 2.24) is 5.32 Å². The molecule has 0 aliphatic heterocycles. The van der Waals surface area contributed by atoms with Crippen LogP contribution < -0.4 is 5.32 Å². The minimum Gasteiger partial charge on any atom is -0.405 e. The zero-order valence-electron chi connectivity index (χ0n) is 18.5. The first-order chi connectivity index (χ1) is 10.1. The van der Waals surface area contributed by atoms with Gasteiger partial charge in [0.25, 0.3) is 0 Å². The van der Waals surface area contributed by atoms with Gasteiger partial charge in [-0.25, -0.2) is 0 Å². The van der Waals surface area contributed by atoms with E-state index in [-0.39, 0.29) is 88.1 Å². The van der Waals surface area contributed by atoms with Crippen LogP contribution in [-0.2, 0) is 75.0 Å². The molecular weight excluding hydrogens is 464 g/mol. The van der Waals surface area contributed by atoms with E-state index in [4.69, 9.17) is 0 Å². The molecule has 0 rings (SSSR count). The molecule has 0 aromatic rings. The monoisotopic (exact) mass is 501 g/mol. The molecule has 1 amide bonds. The SMILES string of the molecule is C[C-](C)C(=O)C(C)(C)[C-](C)C.C[C-](C)C(=O)NC(C)(C)[C-](C)C.[Y].[Y]. The minimum absolute atomic E-state index is 0. The van der Waals surface area contributed by atoms with Gasteiger partial charge in [0.2, 0.25) is 0 Å². The molecule has 0 aromatic carbocycles. The van der Waals surface area contributed by atoms with Crippen molar-refractivity contribution in [1.29, 1.82) is 0 Å². The number of carbonyl (C=O) groups is 2. The molecule has 3 nitrogen and oxygen atoms in total. The summed E-state index contributed by atoms with van der Waals surface area (Å²) in [5.74, 6) is 4.33. The Kier molecular flexibility index (Phi) is 19.0. The number of ketones is 1. The van der Waals surface area contributed by atoms with Crippen LogP contribution in [0.4, 0.5) is 0 Å². The molecular formula is C20H37NO2Y2-4. The van der Waals surface area contributed by atoms with Crippen LogP contribution in [0.15, 0.2) is 0 Å². The van der Waals surface area contributed by atoms with Gasteiger partial charge >= 0.3 is 0 Å². The Balaban J connectivity index is -0.000000164. The third kappa shape index (κ3) is 13.0. The molecule has 0 aromatic heterocycles. The number of Topliss-reactive ketones (excluding diaryl/α,β-unsaturated/α-hetero) is 1. The fraction of sp³-hybridized carbons (Fsp3) is 0.700. The van der Waals surface area contributed by atoms with Gasteiger partial charge in [0.1, 0.15) is 0 Å². The van der Waals surface area contributed by atoms with Crippen LogP contribution in [0.25, 0.3) is 0 Å². The first kappa shape index (κ1) is 33.7. The normalized spacial score (nSPS) is 10.8. The predicted molar refractivity (Wildman–Crippen MR) is 99.4 cm³/mol. The third-order valence-electron chi connectivity index (χ3n) is 4.40. The molecule has 2 radical (unpaired) electrons. The van der Waals surface area contributed by atoms with E-state index in [1.54, 1.807) is 0 Å². The second-order valence-electron chi connectivity index (χ2n) is 8.03. The van der Waals surface area contributed by atoms with Gasteiger partial charge in [-0.05, 0) is 5.78 Å². The van der Waals surface area contributed by atoms with E-state index in [0.29, 0.717) is 0 Å². The van der Waals surface area contributed by atoms with Crippen molar-refractivity contribution in [2.75, 3.05) is 0 Å². The third-order valence-corrected chi connectivity index (χ3v) is 4.40. The van der Waals surface area contributed by atoms with Crippen LogP contribution >= 0.6 is 0 Å². The number of hydrogen-bond acceptors (Lipinski definition) is 2. The zero-order valence-corrected chi connectivity index (χ0v) is 24.1. The summed E-state index contributed by atoms with van der Waals surface area (Å²) in [4.78, 5) is 22.8. The van der Waals surface area contributed by atoms with Gasteiger partial charge < -0.3 is 26.7 Å². The van der Waals surface area contributed by atoms with Crippen molar-refractivity contribution in [3.8, 4) is 0 Å². The molecule has 0 aliphatic rings. The summed E-state index contributed by atoms with van der Waals surface area (Å²) < 4.78 is 0. The molecule has 0 atom stereocenters. The van der Waals surface area contributed by atoms with Gasteiger partial charge in [0.15, 0.2) is 0 Å². The molecule has 25 heavy (non-hydrogen) atoms. The van der Waals surface area contributed by atoms with Crippen molar-refractivity contribution >= 4 is 11.7 Å². The maximum Gasteiger partial charge on any atom is 0.0827 e. The molecule has 0 bridgehead atoms. The largest absolute Gasteiger partial charge is 0.405 e. The second kappa shape index (κ2) is 14.1. The average molecular weight is 501 g/mol. The molecule has 0 unspecified atom stereocenters. The molecule has 0 aliphatic carbocycles. The Morgan fingerprint density at radius 2 is 1.04 bits per heavy atom. The number of carbonyl (C=O) groups excluding carboxylic acids is 2. The summed E-state index contributed by atoms with van der Waals surface area (Å²) in [5, 5.41) is 2.94. The summed E-state index contributed by atoms with van der Waals surface area (Å²) in [6, 6.07) is 0. The number of nitrogens with one attached hydrogen (secondary N) is 1. The Hall–Kier alpha value is 1.09. The van der Waals surface area contributed by atoms with Gasteiger partial charge in [-0.2, -0.15) is 55.4 Å². The molecule has 0 fully saturated rings. The van der Waals surface area contributed by atoms with E-state index in [9.17, 15) is 9.59 Å². The van der Waals surface area contributed by atoms with E-state index in [1.807, 2.05) is 83.1 Å². The average Bonchev–Trinajstić information content (AvgIpc) is 2.37. The zero-order chi connectivity index (χ0) is 19.2. The van der Waals surface area contributed by atoms with E-state index in [0.717, 1.165) is 11.8 Å². The molecule has 0 heterocycles. The van der Waals surface area contributed by atoms with Crippen molar-refractivity contribution < 1.29 is 75.0 Å². The molecule has 1 N–H and O–H groups in total. The minimum atomic E-state index is -0.279. The standard InChI is InChI=1S/C10H19NO.C10H18O.2Y/c1-7(2)9(12)11-10(5,6)8(3)4;1-7(2)9(11)10(5,6)8(3)4;;/h1-6H3,(H,11,12);1-6H3;;/q2*-2;;. The molecule has 5 heteroatoms. The summed E-state index contributed by atoms with van der Waals surface area (Å²) in [6.07, 6.45) is 0. The van der Waals surface area contributed by atoms with Crippen molar-refractivity contribution in [3.05, 3.63) is 23.7 Å². The van der Waals surface area contributed by atoms with E-state index in [2.05, 4.69) is 5.32 Å². The second-order valence-corrected chi connectivity index (χ2v) is 8.03. The van der Waals surface area contributed by atoms with Gasteiger partial charge in [-0.1, -0.05) is 33.2 Å². The van der Waals surface area contributed by atoms with Gasteiger partial charge in [-0.15, -0.1) is 5.41 Å². The maximum atomic E-state index is 11.5. The van der Waals surface area contributed by atoms with Crippen LogP contribution in [-0.4, -0.2) is 17.2 Å². The van der Waals surface area contributed by atoms with Gasteiger partial charge in [-0.3, -0.25) is 11.8 Å².